The zero-order chi connectivity index (χ0) is 34.3. The number of benzene rings is 1. The second kappa shape index (κ2) is 16.6. The second-order valence-corrected chi connectivity index (χ2v) is 14.3. The molecule has 0 bridgehead atoms. The number of anilines is 1. The van der Waals surface area contributed by atoms with Gasteiger partial charge in [-0.2, -0.15) is 0 Å². The van der Waals surface area contributed by atoms with Gasteiger partial charge in [-0.15, -0.1) is 0 Å². The fraction of sp³-hybridized carbons (Fsp3) is 0.676. The van der Waals surface area contributed by atoms with E-state index in [-0.39, 0.29) is 25.1 Å². The number of amides is 1. The number of esters is 1. The summed E-state index contributed by atoms with van der Waals surface area (Å²) in [6.45, 7) is 11.2. The summed E-state index contributed by atoms with van der Waals surface area (Å²) in [4.78, 5) is 32.7. The molecule has 10 nitrogen and oxygen atoms in total. The molecule has 11 heteroatoms. The number of carbonyl (C=O) groups excluding carboxylic acids is 2. The third kappa shape index (κ3) is 9.80. The van der Waals surface area contributed by atoms with E-state index < -0.39 is 41.9 Å². The van der Waals surface area contributed by atoms with Crippen molar-refractivity contribution in [3.63, 3.8) is 0 Å². The fourth-order valence-corrected chi connectivity index (χ4v) is 7.36. The van der Waals surface area contributed by atoms with Crippen LogP contribution >= 0.6 is 0 Å². The van der Waals surface area contributed by atoms with Crippen LogP contribution in [0, 0.1) is 11.7 Å². The van der Waals surface area contributed by atoms with Crippen LogP contribution in [0.2, 0.25) is 0 Å². The lowest BCUT2D eigenvalue weighted by atomic mass is 9.88. The summed E-state index contributed by atoms with van der Waals surface area (Å²) >= 11 is 0. The van der Waals surface area contributed by atoms with Crippen molar-refractivity contribution in [1.29, 1.82) is 0 Å². The molecule has 4 aliphatic rings. The highest BCUT2D eigenvalue weighted by Gasteiger charge is 2.37. The average Bonchev–Trinajstić information content (AvgIpc) is 3.08. The van der Waals surface area contributed by atoms with Crippen LogP contribution in [0.25, 0.3) is 6.08 Å². The molecule has 0 unspecified atom stereocenters. The smallest absolute Gasteiger partial charge is 0.410 e. The number of rotatable bonds is 5. The molecule has 1 aromatic carbocycles. The number of aliphatic hydroxyl groups is 2. The molecule has 3 fully saturated rings. The van der Waals surface area contributed by atoms with Crippen LogP contribution in [0.15, 0.2) is 35.9 Å². The van der Waals surface area contributed by atoms with Crippen molar-refractivity contribution in [2.24, 2.45) is 5.92 Å². The van der Waals surface area contributed by atoms with Gasteiger partial charge in [0.2, 0.25) is 0 Å². The number of cyclic esters (lactones) is 1. The van der Waals surface area contributed by atoms with E-state index in [1.165, 1.54) is 31.4 Å². The van der Waals surface area contributed by atoms with E-state index in [9.17, 15) is 24.2 Å². The van der Waals surface area contributed by atoms with Crippen LogP contribution in [-0.4, -0.2) is 115 Å². The summed E-state index contributed by atoms with van der Waals surface area (Å²) in [6.07, 6.45) is 7.56. The molecular weight excluding hydrogens is 617 g/mol. The number of likely N-dealkylation sites (tertiary alicyclic amines) is 2. The second-order valence-electron chi connectivity index (χ2n) is 14.3. The molecule has 3 saturated heterocycles. The molecule has 4 aliphatic heterocycles. The first-order valence-corrected chi connectivity index (χ1v) is 17.8. The number of hydrogen-bond donors (Lipinski definition) is 2. The molecule has 0 aliphatic carbocycles. The number of morpholine rings is 1. The van der Waals surface area contributed by atoms with Crippen LogP contribution in [0.5, 0.6) is 0 Å². The van der Waals surface area contributed by atoms with Gasteiger partial charge in [0.05, 0.1) is 25.7 Å². The maximum Gasteiger partial charge on any atom is 0.410 e. The monoisotopic (exact) mass is 671 g/mol. The number of hydrogen-bond acceptors (Lipinski definition) is 9. The van der Waals surface area contributed by atoms with Gasteiger partial charge >= 0.3 is 12.1 Å². The molecule has 0 aromatic heterocycles. The summed E-state index contributed by atoms with van der Waals surface area (Å²) in [6, 6.07) is 5.33. The quantitative estimate of drug-likeness (QED) is 0.333. The van der Waals surface area contributed by atoms with E-state index in [0.717, 1.165) is 31.6 Å². The molecule has 266 valence electrons. The molecule has 5 atom stereocenters. The zero-order valence-electron chi connectivity index (χ0n) is 28.8. The Bertz CT molecular complexity index is 1300. The number of carbonyl (C=O) groups is 2. The minimum atomic E-state index is -1.49. The maximum absolute atomic E-state index is 14.7. The highest BCUT2D eigenvalue weighted by Crippen LogP contribution is 2.30. The summed E-state index contributed by atoms with van der Waals surface area (Å²) in [5.41, 5.74) is 0.584. The fourth-order valence-electron chi connectivity index (χ4n) is 7.36. The number of halogens is 1. The molecule has 1 amide bonds. The number of nitrogens with zero attached hydrogens (tertiary/aromatic N) is 3. The lowest BCUT2D eigenvalue weighted by Crippen LogP contribution is -2.50. The summed E-state index contributed by atoms with van der Waals surface area (Å²) in [7, 11) is 0. The van der Waals surface area contributed by atoms with Crippen LogP contribution in [-0.2, 0) is 19.0 Å². The van der Waals surface area contributed by atoms with E-state index >= 15 is 0 Å². The Balaban J connectivity index is 1.32. The van der Waals surface area contributed by atoms with Gasteiger partial charge in [-0.1, -0.05) is 25.5 Å². The summed E-state index contributed by atoms with van der Waals surface area (Å²) < 4.78 is 32.1. The Kier molecular flexibility index (Phi) is 12.6. The van der Waals surface area contributed by atoms with Crippen molar-refractivity contribution in [3.05, 3.63) is 47.3 Å². The molecule has 5 rings (SSSR count). The van der Waals surface area contributed by atoms with Crippen LogP contribution in [0.3, 0.4) is 0 Å². The van der Waals surface area contributed by atoms with Crippen LogP contribution < -0.4 is 4.90 Å². The Hall–Kier alpha value is -2.99. The van der Waals surface area contributed by atoms with E-state index in [1.54, 1.807) is 30.1 Å². The van der Waals surface area contributed by atoms with Gasteiger partial charge in [0.15, 0.2) is 6.10 Å². The van der Waals surface area contributed by atoms with E-state index in [2.05, 4.69) is 9.80 Å². The highest BCUT2D eigenvalue weighted by molar-refractivity contribution is 5.71. The standard InChI is InChI=1S/C37H54FN3O7/c1-26-7-8-33(47-36(44)41-15-10-30(11-16-41)39-13-5-4-6-14-39)37(3,45)12-9-32(42)25-34(43)48-35(26)27(2)21-28-22-29(38)24-31(23-28)40-17-19-46-20-18-40/h7-8,21-24,26,30,32-33,35,42,45H,4-6,9-20,25H2,1-3H3/b8-7-,27-21+/t26-,32+,33-,35-,37+/m0/s1. The third-order valence-electron chi connectivity index (χ3n) is 10.3. The lowest BCUT2D eigenvalue weighted by molar-refractivity contribution is -0.151. The molecular formula is C37H54FN3O7. The first-order valence-electron chi connectivity index (χ1n) is 17.8. The average molecular weight is 672 g/mol. The SMILES string of the molecule is C/C(=C\c1cc(F)cc(N2CCOCC2)c1)[C@H]1OC(=O)C[C@H](O)CC[C@@](C)(O)[C@@H](OC(=O)N2CCC(N3CCCCC3)CC2)/C=C\[C@@H]1C. The predicted molar refractivity (Wildman–Crippen MR) is 182 cm³/mol. The van der Waals surface area contributed by atoms with Crippen molar-refractivity contribution < 1.29 is 38.4 Å². The van der Waals surface area contributed by atoms with Crippen LogP contribution in [0.1, 0.15) is 77.7 Å². The molecule has 0 radical (unpaired) electrons. The Morgan fingerprint density at radius 3 is 2.44 bits per heavy atom. The molecule has 1 aromatic rings. The van der Waals surface area contributed by atoms with Crippen molar-refractivity contribution in [3.8, 4) is 0 Å². The summed E-state index contributed by atoms with van der Waals surface area (Å²) in [5.74, 6) is -1.33. The van der Waals surface area contributed by atoms with Gasteiger partial charge < -0.3 is 39.1 Å². The Morgan fingerprint density at radius 1 is 1.02 bits per heavy atom. The van der Waals surface area contributed by atoms with Crippen molar-refractivity contribution in [1.82, 2.24) is 9.80 Å². The normalized spacial score (nSPS) is 31.4. The first kappa shape index (κ1) is 36.3. The van der Waals surface area contributed by atoms with E-state index in [1.807, 2.05) is 19.9 Å². The minimum Gasteiger partial charge on any atom is -0.457 e. The topological polar surface area (TPSA) is 112 Å². The number of aliphatic hydroxyl groups excluding tert-OH is 1. The largest absolute Gasteiger partial charge is 0.457 e. The van der Waals surface area contributed by atoms with Crippen molar-refractivity contribution >= 4 is 23.8 Å². The van der Waals surface area contributed by atoms with Crippen molar-refractivity contribution in [2.75, 3.05) is 57.4 Å². The number of ether oxygens (including phenoxy) is 3. The third-order valence-corrected chi connectivity index (χ3v) is 10.3. The molecule has 2 N–H and O–H groups in total. The first-order chi connectivity index (χ1) is 23.0. The van der Waals surface area contributed by atoms with Gasteiger partial charge in [-0.05, 0) is 101 Å². The van der Waals surface area contributed by atoms with Crippen LogP contribution in [0.4, 0.5) is 14.9 Å². The molecule has 0 saturated carbocycles. The Morgan fingerprint density at radius 2 is 1.73 bits per heavy atom. The van der Waals surface area contributed by atoms with E-state index in [0.29, 0.717) is 56.6 Å². The summed E-state index contributed by atoms with van der Waals surface area (Å²) in [5, 5.41) is 22.2. The van der Waals surface area contributed by atoms with Gasteiger partial charge in [0.1, 0.15) is 17.5 Å². The minimum absolute atomic E-state index is 0.114. The number of piperidine rings is 2. The van der Waals surface area contributed by atoms with E-state index in [4.69, 9.17) is 14.2 Å². The van der Waals surface area contributed by atoms with Gasteiger partial charge in [0.25, 0.3) is 0 Å². The maximum atomic E-state index is 14.7. The Labute approximate surface area is 284 Å². The highest BCUT2D eigenvalue weighted by atomic mass is 19.1. The van der Waals surface area contributed by atoms with Gasteiger partial charge in [-0.3, -0.25) is 4.79 Å². The van der Waals surface area contributed by atoms with Gasteiger partial charge in [-0.25, -0.2) is 9.18 Å². The molecule has 48 heavy (non-hydrogen) atoms. The van der Waals surface area contributed by atoms with Crippen molar-refractivity contribution in [2.45, 2.75) is 102 Å². The zero-order valence-corrected chi connectivity index (χ0v) is 28.8. The lowest BCUT2D eigenvalue weighted by Gasteiger charge is -2.40. The molecule has 4 heterocycles. The van der Waals surface area contributed by atoms with Gasteiger partial charge in [0, 0.05) is 43.8 Å². The molecule has 0 spiro atoms. The predicted octanol–water partition coefficient (Wildman–Crippen LogP) is 4.92.